The molecule has 1 fully saturated rings. The van der Waals surface area contributed by atoms with Crippen molar-refractivity contribution in [3.8, 4) is 0 Å². The van der Waals surface area contributed by atoms with E-state index in [9.17, 15) is 4.39 Å². The molecule has 1 aliphatic rings. The summed E-state index contributed by atoms with van der Waals surface area (Å²) in [6.07, 6.45) is 2.95. The van der Waals surface area contributed by atoms with Crippen molar-refractivity contribution in [3.63, 3.8) is 0 Å². The first-order valence-electron chi connectivity index (χ1n) is 6.18. The third-order valence-corrected chi connectivity index (χ3v) is 4.35. The molecule has 0 radical (unpaired) electrons. The van der Waals surface area contributed by atoms with Crippen LogP contribution in [0.5, 0.6) is 0 Å². The molecule has 3 unspecified atom stereocenters. The predicted molar refractivity (Wildman–Crippen MR) is 69.5 cm³/mol. The normalized spacial score (nSPS) is 33.7. The van der Waals surface area contributed by atoms with Crippen molar-refractivity contribution in [2.24, 2.45) is 17.6 Å². The van der Waals surface area contributed by atoms with Gasteiger partial charge in [0, 0.05) is 16.1 Å². The van der Waals surface area contributed by atoms with Crippen LogP contribution in [-0.4, -0.2) is 0 Å². The predicted octanol–water partition coefficient (Wildman–Crippen LogP) is 4.09. The third kappa shape index (κ3) is 2.34. The molecule has 0 spiro atoms. The number of nitrogens with two attached hydrogens (primary N) is 1. The highest BCUT2D eigenvalue weighted by atomic mass is 35.5. The molecule has 0 bridgehead atoms. The summed E-state index contributed by atoms with van der Waals surface area (Å²) < 4.78 is 14.0. The second-order valence-electron chi connectivity index (χ2n) is 5.45. The van der Waals surface area contributed by atoms with Crippen LogP contribution in [0, 0.1) is 17.7 Å². The van der Waals surface area contributed by atoms with Crippen LogP contribution in [0.1, 0.15) is 38.7 Å². The van der Waals surface area contributed by atoms with Crippen molar-refractivity contribution >= 4 is 11.6 Å². The van der Waals surface area contributed by atoms with E-state index in [0.717, 1.165) is 19.3 Å². The molecule has 2 N–H and O–H groups in total. The summed E-state index contributed by atoms with van der Waals surface area (Å²) in [6.45, 7) is 4.35. The largest absolute Gasteiger partial charge is 0.321 e. The smallest absolute Gasteiger partial charge is 0.129 e. The Balaban J connectivity index is 2.37. The minimum absolute atomic E-state index is 0.276. The lowest BCUT2D eigenvalue weighted by atomic mass is 9.67. The topological polar surface area (TPSA) is 26.0 Å². The Morgan fingerprint density at radius 2 is 2.12 bits per heavy atom. The van der Waals surface area contributed by atoms with E-state index in [0.29, 0.717) is 22.4 Å². The molecule has 0 saturated heterocycles. The first-order chi connectivity index (χ1) is 7.93. The number of rotatable bonds is 1. The van der Waals surface area contributed by atoms with Crippen molar-refractivity contribution in [3.05, 3.63) is 34.6 Å². The van der Waals surface area contributed by atoms with Crippen LogP contribution < -0.4 is 5.73 Å². The van der Waals surface area contributed by atoms with E-state index in [1.54, 1.807) is 12.1 Å². The Labute approximate surface area is 107 Å². The molecule has 0 heterocycles. The molecular formula is C14H19ClFN. The van der Waals surface area contributed by atoms with Crippen LogP contribution in [0.4, 0.5) is 4.39 Å². The van der Waals surface area contributed by atoms with Crippen molar-refractivity contribution < 1.29 is 4.39 Å². The van der Waals surface area contributed by atoms with E-state index in [4.69, 9.17) is 17.3 Å². The van der Waals surface area contributed by atoms with Crippen molar-refractivity contribution in [2.45, 2.75) is 38.6 Å². The number of hydrogen-bond donors (Lipinski definition) is 1. The zero-order valence-corrected chi connectivity index (χ0v) is 11.1. The van der Waals surface area contributed by atoms with Crippen LogP contribution in [0.25, 0.3) is 0 Å². The van der Waals surface area contributed by atoms with Gasteiger partial charge in [-0.25, -0.2) is 4.39 Å². The zero-order chi connectivity index (χ0) is 12.6. The quantitative estimate of drug-likeness (QED) is 0.804. The number of halogens is 2. The highest BCUT2D eigenvalue weighted by molar-refractivity contribution is 6.30. The summed E-state index contributed by atoms with van der Waals surface area (Å²) in [5, 5.41) is 0.423. The molecule has 0 amide bonds. The Kier molecular flexibility index (Phi) is 3.46. The maximum atomic E-state index is 14.0. The second-order valence-corrected chi connectivity index (χ2v) is 5.88. The SMILES string of the molecule is CC1CCC(N)(c2ccc(Cl)cc2F)C(C)C1. The van der Waals surface area contributed by atoms with Crippen LogP contribution >= 0.6 is 11.6 Å². The summed E-state index contributed by atoms with van der Waals surface area (Å²) in [7, 11) is 0. The van der Waals surface area contributed by atoms with Gasteiger partial charge in [0.1, 0.15) is 5.82 Å². The standard InChI is InChI=1S/C14H19ClFN/c1-9-5-6-14(17,10(2)7-9)12-4-3-11(15)8-13(12)16/h3-4,8-10H,5-7,17H2,1-2H3. The van der Waals surface area contributed by atoms with E-state index >= 15 is 0 Å². The van der Waals surface area contributed by atoms with Gasteiger partial charge in [-0.2, -0.15) is 0 Å². The van der Waals surface area contributed by atoms with Gasteiger partial charge in [0.05, 0.1) is 0 Å². The van der Waals surface area contributed by atoms with E-state index in [-0.39, 0.29) is 5.82 Å². The van der Waals surface area contributed by atoms with Crippen molar-refractivity contribution in [2.75, 3.05) is 0 Å². The van der Waals surface area contributed by atoms with Crippen LogP contribution in [-0.2, 0) is 5.54 Å². The average Bonchev–Trinajstić information content (AvgIpc) is 2.24. The van der Waals surface area contributed by atoms with E-state index in [2.05, 4.69) is 13.8 Å². The first-order valence-corrected chi connectivity index (χ1v) is 6.55. The monoisotopic (exact) mass is 255 g/mol. The lowest BCUT2D eigenvalue weighted by Crippen LogP contribution is -2.47. The Bertz CT molecular complexity index is 421. The molecule has 3 heteroatoms. The molecule has 1 aromatic carbocycles. The van der Waals surface area contributed by atoms with Crippen LogP contribution in [0.15, 0.2) is 18.2 Å². The van der Waals surface area contributed by atoms with Gasteiger partial charge in [-0.3, -0.25) is 0 Å². The number of hydrogen-bond acceptors (Lipinski definition) is 1. The highest BCUT2D eigenvalue weighted by Crippen LogP contribution is 2.42. The molecule has 3 atom stereocenters. The Morgan fingerprint density at radius 3 is 2.71 bits per heavy atom. The van der Waals surface area contributed by atoms with Crippen molar-refractivity contribution in [1.82, 2.24) is 0 Å². The van der Waals surface area contributed by atoms with Gasteiger partial charge in [0.15, 0.2) is 0 Å². The zero-order valence-electron chi connectivity index (χ0n) is 10.3. The molecule has 94 valence electrons. The summed E-state index contributed by atoms with van der Waals surface area (Å²) in [4.78, 5) is 0. The highest BCUT2D eigenvalue weighted by Gasteiger charge is 2.39. The maximum Gasteiger partial charge on any atom is 0.129 e. The molecule has 0 aliphatic heterocycles. The van der Waals surface area contributed by atoms with Crippen LogP contribution in [0.3, 0.4) is 0 Å². The minimum atomic E-state index is -0.540. The molecule has 1 saturated carbocycles. The summed E-state index contributed by atoms with van der Waals surface area (Å²) in [5.41, 5.74) is 6.53. The fraction of sp³-hybridized carbons (Fsp3) is 0.571. The molecule has 1 aromatic rings. The Morgan fingerprint density at radius 1 is 1.41 bits per heavy atom. The minimum Gasteiger partial charge on any atom is -0.321 e. The summed E-state index contributed by atoms with van der Waals surface area (Å²) in [6, 6.07) is 4.82. The molecule has 2 rings (SSSR count). The Hall–Kier alpha value is -0.600. The fourth-order valence-corrected chi connectivity index (χ4v) is 3.09. The lowest BCUT2D eigenvalue weighted by Gasteiger charge is -2.42. The third-order valence-electron chi connectivity index (χ3n) is 4.12. The van der Waals surface area contributed by atoms with Gasteiger partial charge >= 0.3 is 0 Å². The van der Waals surface area contributed by atoms with Gasteiger partial charge in [-0.05, 0) is 43.2 Å². The van der Waals surface area contributed by atoms with Gasteiger partial charge in [-0.15, -0.1) is 0 Å². The summed E-state index contributed by atoms with van der Waals surface area (Å²) >= 11 is 5.78. The van der Waals surface area contributed by atoms with Gasteiger partial charge in [0.2, 0.25) is 0 Å². The maximum absolute atomic E-state index is 14.0. The van der Waals surface area contributed by atoms with Gasteiger partial charge in [-0.1, -0.05) is 31.5 Å². The van der Waals surface area contributed by atoms with E-state index < -0.39 is 5.54 Å². The van der Waals surface area contributed by atoms with Gasteiger partial charge < -0.3 is 5.73 Å². The first kappa shape index (κ1) is 12.8. The molecule has 17 heavy (non-hydrogen) atoms. The number of benzene rings is 1. The van der Waals surface area contributed by atoms with Crippen LogP contribution in [0.2, 0.25) is 5.02 Å². The molecule has 1 aliphatic carbocycles. The van der Waals surface area contributed by atoms with Gasteiger partial charge in [0.25, 0.3) is 0 Å². The summed E-state index contributed by atoms with van der Waals surface area (Å²) in [5.74, 6) is 0.695. The molecule has 0 aromatic heterocycles. The fourth-order valence-electron chi connectivity index (χ4n) is 2.93. The molecule has 1 nitrogen and oxygen atoms in total. The van der Waals surface area contributed by atoms with E-state index in [1.807, 2.05) is 0 Å². The van der Waals surface area contributed by atoms with Crippen molar-refractivity contribution in [1.29, 1.82) is 0 Å². The van der Waals surface area contributed by atoms with E-state index in [1.165, 1.54) is 6.07 Å². The lowest BCUT2D eigenvalue weighted by molar-refractivity contribution is 0.160. The average molecular weight is 256 g/mol. The molecular weight excluding hydrogens is 237 g/mol. The second kappa shape index (κ2) is 4.58.